The highest BCUT2D eigenvalue weighted by Crippen LogP contribution is 2.35. The van der Waals surface area contributed by atoms with Gasteiger partial charge in [-0.05, 0) is 58.5 Å². The molecule has 1 aliphatic rings. The summed E-state index contributed by atoms with van der Waals surface area (Å²) in [6.45, 7) is 3.83. The molecule has 0 spiro atoms. The summed E-state index contributed by atoms with van der Waals surface area (Å²) >= 11 is 2.07. The van der Waals surface area contributed by atoms with Crippen LogP contribution in [0.5, 0.6) is 11.5 Å². The zero-order valence-corrected chi connectivity index (χ0v) is 17.6. The van der Waals surface area contributed by atoms with Gasteiger partial charge >= 0.3 is 6.03 Å². The highest BCUT2D eigenvalue weighted by Gasteiger charge is 2.36. The van der Waals surface area contributed by atoms with Gasteiger partial charge in [-0.2, -0.15) is 0 Å². The lowest BCUT2D eigenvalue weighted by molar-refractivity contribution is -0.130. The summed E-state index contributed by atoms with van der Waals surface area (Å²) in [4.78, 5) is 38.1. The third-order valence-corrected chi connectivity index (χ3v) is 4.79. The molecule has 1 fully saturated rings. The van der Waals surface area contributed by atoms with E-state index in [0.29, 0.717) is 29.4 Å². The van der Waals surface area contributed by atoms with Gasteiger partial charge in [0.15, 0.2) is 11.5 Å². The molecular formula is C20H17IN2O6. The molecule has 0 saturated carbocycles. The van der Waals surface area contributed by atoms with Gasteiger partial charge in [-0.3, -0.25) is 19.8 Å². The molecule has 29 heavy (non-hydrogen) atoms. The van der Waals surface area contributed by atoms with Gasteiger partial charge in [0.05, 0.1) is 23.5 Å². The first-order valence-electron chi connectivity index (χ1n) is 8.47. The number of imide groups is 2. The van der Waals surface area contributed by atoms with Crippen LogP contribution in [-0.4, -0.2) is 36.5 Å². The number of rotatable bonds is 7. The molecular weight excluding hydrogens is 491 g/mol. The molecule has 150 valence electrons. The second-order valence-electron chi connectivity index (χ2n) is 5.92. The molecule has 1 aromatic heterocycles. The summed E-state index contributed by atoms with van der Waals surface area (Å²) in [7, 11) is 1.49. The molecule has 3 rings (SSSR count). The van der Waals surface area contributed by atoms with Crippen molar-refractivity contribution in [1.29, 1.82) is 0 Å². The largest absolute Gasteiger partial charge is 0.493 e. The number of hydrogen-bond acceptors (Lipinski definition) is 6. The highest BCUT2D eigenvalue weighted by molar-refractivity contribution is 14.1. The zero-order valence-electron chi connectivity index (χ0n) is 15.4. The number of halogens is 1. The molecule has 0 bridgehead atoms. The number of amides is 4. The number of carbonyl (C=O) groups excluding carboxylic acids is 3. The van der Waals surface area contributed by atoms with Crippen LogP contribution in [0.1, 0.15) is 11.3 Å². The molecule has 0 unspecified atom stereocenters. The number of furan rings is 1. The minimum Gasteiger partial charge on any atom is -0.493 e. The Hall–Kier alpha value is -3.08. The number of hydrogen-bond donors (Lipinski definition) is 1. The van der Waals surface area contributed by atoms with E-state index < -0.39 is 17.8 Å². The van der Waals surface area contributed by atoms with E-state index in [-0.39, 0.29) is 12.1 Å². The van der Waals surface area contributed by atoms with Gasteiger partial charge < -0.3 is 13.9 Å². The van der Waals surface area contributed by atoms with E-state index in [1.807, 2.05) is 0 Å². The number of methoxy groups -OCH3 is 1. The molecule has 1 saturated heterocycles. The van der Waals surface area contributed by atoms with Crippen molar-refractivity contribution in [2.75, 3.05) is 13.7 Å². The number of barbiturate groups is 1. The van der Waals surface area contributed by atoms with E-state index in [1.54, 1.807) is 30.3 Å². The molecule has 2 aromatic rings. The second-order valence-corrected chi connectivity index (χ2v) is 7.08. The monoisotopic (exact) mass is 508 g/mol. The van der Waals surface area contributed by atoms with Gasteiger partial charge in [0, 0.05) is 0 Å². The van der Waals surface area contributed by atoms with E-state index in [0.717, 1.165) is 8.47 Å². The molecule has 4 amide bonds. The Morgan fingerprint density at radius 1 is 1.31 bits per heavy atom. The van der Waals surface area contributed by atoms with Crippen molar-refractivity contribution < 1.29 is 28.3 Å². The van der Waals surface area contributed by atoms with Crippen molar-refractivity contribution in [3.63, 3.8) is 0 Å². The van der Waals surface area contributed by atoms with Gasteiger partial charge in [-0.1, -0.05) is 12.7 Å². The predicted molar refractivity (Wildman–Crippen MR) is 112 cm³/mol. The summed E-state index contributed by atoms with van der Waals surface area (Å²) in [5, 5.41) is 2.17. The number of nitrogens with one attached hydrogen (secondary N) is 1. The van der Waals surface area contributed by atoms with Gasteiger partial charge in [-0.25, -0.2) is 4.79 Å². The number of nitrogens with zero attached hydrogens (tertiary/aromatic N) is 1. The number of ether oxygens (including phenoxy) is 2. The van der Waals surface area contributed by atoms with Crippen LogP contribution in [0.25, 0.3) is 6.08 Å². The fourth-order valence-corrected chi connectivity index (χ4v) is 3.45. The molecule has 9 heteroatoms. The van der Waals surface area contributed by atoms with Crippen molar-refractivity contribution in [3.05, 3.63) is 63.7 Å². The zero-order chi connectivity index (χ0) is 21.0. The number of carbonyl (C=O) groups is 3. The third-order valence-electron chi connectivity index (χ3n) is 3.99. The van der Waals surface area contributed by atoms with Crippen molar-refractivity contribution in [2.45, 2.75) is 6.54 Å². The van der Waals surface area contributed by atoms with Crippen LogP contribution in [0.3, 0.4) is 0 Å². The van der Waals surface area contributed by atoms with Crippen molar-refractivity contribution in [3.8, 4) is 11.5 Å². The van der Waals surface area contributed by atoms with Crippen molar-refractivity contribution in [2.24, 2.45) is 0 Å². The average Bonchev–Trinajstić information content (AvgIpc) is 3.20. The number of urea groups is 1. The van der Waals surface area contributed by atoms with Gasteiger partial charge in [-0.15, -0.1) is 0 Å². The second kappa shape index (κ2) is 8.95. The number of benzene rings is 1. The quantitative estimate of drug-likeness (QED) is 0.267. The fraction of sp³-hybridized carbons (Fsp3) is 0.150. The molecule has 0 radical (unpaired) electrons. The standard InChI is InChI=1S/C20H17IN2O6/c1-3-6-29-17-15(21)9-12(10-16(17)27-2)8-14-18(24)22-20(26)23(19(14)25)11-13-5-4-7-28-13/h3-5,7-10H,1,6,11H2,2H3,(H,22,24,26)/b14-8-. The molecule has 1 aromatic carbocycles. The van der Waals surface area contributed by atoms with Gasteiger partial charge in [0.2, 0.25) is 0 Å². The summed E-state index contributed by atoms with van der Waals surface area (Å²) in [6, 6.07) is 5.86. The maximum absolute atomic E-state index is 12.8. The first-order valence-corrected chi connectivity index (χ1v) is 9.55. The molecule has 2 heterocycles. The lowest BCUT2D eigenvalue weighted by Gasteiger charge is -2.25. The van der Waals surface area contributed by atoms with Gasteiger partial charge in [0.1, 0.15) is 17.9 Å². The van der Waals surface area contributed by atoms with Crippen molar-refractivity contribution >= 4 is 46.5 Å². The lowest BCUT2D eigenvalue weighted by atomic mass is 10.1. The van der Waals surface area contributed by atoms with Crippen LogP contribution >= 0.6 is 22.6 Å². The van der Waals surface area contributed by atoms with Crippen LogP contribution in [0, 0.1) is 3.57 Å². The molecule has 1 N–H and O–H groups in total. The fourth-order valence-electron chi connectivity index (χ4n) is 2.67. The molecule has 0 aliphatic carbocycles. The maximum Gasteiger partial charge on any atom is 0.331 e. The predicted octanol–water partition coefficient (Wildman–Crippen LogP) is 3.12. The SMILES string of the molecule is C=CCOc1c(I)cc(/C=C2/C(=O)NC(=O)N(Cc3ccco3)C2=O)cc1OC. The Kier molecular flexibility index (Phi) is 6.37. The van der Waals surface area contributed by atoms with E-state index in [1.165, 1.54) is 19.4 Å². The Morgan fingerprint density at radius 3 is 2.76 bits per heavy atom. The third kappa shape index (κ3) is 4.50. The Labute approximate surface area is 180 Å². The van der Waals surface area contributed by atoms with Crippen LogP contribution in [0.15, 0.2) is 53.2 Å². The smallest absolute Gasteiger partial charge is 0.331 e. The van der Waals surface area contributed by atoms with Crippen LogP contribution in [0.4, 0.5) is 4.79 Å². The lowest BCUT2D eigenvalue weighted by Crippen LogP contribution is -2.53. The molecule has 0 atom stereocenters. The Balaban J connectivity index is 1.94. The minimum absolute atomic E-state index is 0.0858. The van der Waals surface area contributed by atoms with E-state index in [2.05, 4.69) is 34.5 Å². The topological polar surface area (TPSA) is 98.1 Å². The summed E-state index contributed by atoms with van der Waals surface area (Å²) in [6.07, 6.45) is 4.45. The van der Waals surface area contributed by atoms with E-state index in [4.69, 9.17) is 13.9 Å². The summed E-state index contributed by atoms with van der Waals surface area (Å²) in [5.74, 6) is -0.0862. The first kappa shape index (κ1) is 20.6. The maximum atomic E-state index is 12.8. The van der Waals surface area contributed by atoms with Crippen LogP contribution < -0.4 is 14.8 Å². The Bertz CT molecular complexity index is 997. The highest BCUT2D eigenvalue weighted by atomic mass is 127. The van der Waals surface area contributed by atoms with E-state index in [9.17, 15) is 14.4 Å². The molecule has 1 aliphatic heterocycles. The van der Waals surface area contributed by atoms with E-state index >= 15 is 0 Å². The summed E-state index contributed by atoms with van der Waals surface area (Å²) in [5.41, 5.74) is 0.372. The normalized spacial score (nSPS) is 15.4. The summed E-state index contributed by atoms with van der Waals surface area (Å²) < 4.78 is 16.9. The van der Waals surface area contributed by atoms with Crippen molar-refractivity contribution in [1.82, 2.24) is 10.2 Å². The molecule has 8 nitrogen and oxygen atoms in total. The average molecular weight is 508 g/mol. The van der Waals surface area contributed by atoms with Crippen LogP contribution in [-0.2, 0) is 16.1 Å². The van der Waals surface area contributed by atoms with Gasteiger partial charge in [0.25, 0.3) is 11.8 Å². The first-order chi connectivity index (χ1) is 13.9. The Morgan fingerprint density at radius 2 is 2.10 bits per heavy atom. The van der Waals surface area contributed by atoms with Crippen LogP contribution in [0.2, 0.25) is 0 Å². The minimum atomic E-state index is -0.797.